The third-order valence-electron chi connectivity index (χ3n) is 3.81. The Labute approximate surface area is 143 Å². The molecule has 1 heterocycles. The lowest BCUT2D eigenvalue weighted by Crippen LogP contribution is -2.52. The van der Waals surface area contributed by atoms with Crippen LogP contribution in [0.4, 0.5) is 0 Å². The molecular formula is C15H24ClN3O3S. The smallest absolute Gasteiger partial charge is 0.240 e. The average Bonchev–Trinajstić information content (AvgIpc) is 2.50. The van der Waals surface area contributed by atoms with Crippen LogP contribution in [0.25, 0.3) is 0 Å². The first-order valence-electron chi connectivity index (χ1n) is 7.56. The molecule has 2 rings (SSSR count). The van der Waals surface area contributed by atoms with Crippen LogP contribution in [0.2, 0.25) is 0 Å². The van der Waals surface area contributed by atoms with Gasteiger partial charge >= 0.3 is 0 Å². The summed E-state index contributed by atoms with van der Waals surface area (Å²) in [4.78, 5) is 12.1. The summed E-state index contributed by atoms with van der Waals surface area (Å²) in [5.41, 5.74) is 0. The monoisotopic (exact) mass is 361 g/mol. The zero-order chi connectivity index (χ0) is 16.0. The fourth-order valence-electron chi connectivity index (χ4n) is 2.50. The van der Waals surface area contributed by atoms with Crippen molar-refractivity contribution in [3.8, 4) is 0 Å². The van der Waals surface area contributed by atoms with Crippen molar-refractivity contribution in [3.63, 3.8) is 0 Å². The molecule has 1 amide bonds. The Morgan fingerprint density at radius 2 is 2.00 bits per heavy atom. The molecule has 2 unspecified atom stereocenters. The Bertz CT molecular complexity index is 595. The van der Waals surface area contributed by atoms with E-state index in [1.54, 1.807) is 18.2 Å². The summed E-state index contributed by atoms with van der Waals surface area (Å²) < 4.78 is 26.5. The summed E-state index contributed by atoms with van der Waals surface area (Å²) in [6.45, 7) is 3.12. The minimum Gasteiger partial charge on any atom is -0.352 e. The number of piperidine rings is 1. The Hall–Kier alpha value is -1.15. The highest BCUT2D eigenvalue weighted by atomic mass is 35.5. The molecule has 0 aromatic heterocycles. The molecular weight excluding hydrogens is 338 g/mol. The van der Waals surface area contributed by atoms with Gasteiger partial charge in [0.05, 0.1) is 4.90 Å². The zero-order valence-electron chi connectivity index (χ0n) is 13.1. The number of benzene rings is 1. The molecule has 130 valence electrons. The molecule has 6 nitrogen and oxygen atoms in total. The highest BCUT2D eigenvalue weighted by molar-refractivity contribution is 7.89. The zero-order valence-corrected chi connectivity index (χ0v) is 14.8. The number of carbonyl (C=O) groups is 1. The first-order valence-corrected chi connectivity index (χ1v) is 9.05. The lowest BCUT2D eigenvalue weighted by atomic mass is 10.00. The van der Waals surface area contributed by atoms with Gasteiger partial charge in [0.25, 0.3) is 0 Å². The number of hydrogen-bond donors (Lipinski definition) is 3. The first-order chi connectivity index (χ1) is 10.5. The summed E-state index contributed by atoms with van der Waals surface area (Å²) in [5, 5.41) is 6.27. The average molecular weight is 362 g/mol. The van der Waals surface area contributed by atoms with Gasteiger partial charge in [0.2, 0.25) is 15.9 Å². The van der Waals surface area contributed by atoms with Crippen LogP contribution in [0.5, 0.6) is 0 Å². The number of rotatable bonds is 6. The normalized spacial score (nSPS) is 21.3. The Kier molecular flexibility index (Phi) is 7.98. The molecule has 8 heteroatoms. The minimum absolute atomic E-state index is 0. The third-order valence-corrected chi connectivity index (χ3v) is 5.28. The van der Waals surface area contributed by atoms with Gasteiger partial charge in [-0.2, -0.15) is 0 Å². The van der Waals surface area contributed by atoms with Crippen LogP contribution in [0.3, 0.4) is 0 Å². The van der Waals surface area contributed by atoms with Gasteiger partial charge in [0.1, 0.15) is 0 Å². The van der Waals surface area contributed by atoms with Crippen LogP contribution < -0.4 is 15.4 Å². The van der Waals surface area contributed by atoms with Gasteiger partial charge in [-0.1, -0.05) is 18.2 Å². The van der Waals surface area contributed by atoms with E-state index < -0.39 is 10.0 Å². The molecule has 0 spiro atoms. The second kappa shape index (κ2) is 9.22. The van der Waals surface area contributed by atoms with E-state index in [1.807, 2.05) is 6.92 Å². The van der Waals surface area contributed by atoms with E-state index >= 15 is 0 Å². The van der Waals surface area contributed by atoms with Crippen molar-refractivity contribution < 1.29 is 13.2 Å². The Morgan fingerprint density at radius 3 is 2.65 bits per heavy atom. The molecule has 1 aliphatic heterocycles. The lowest BCUT2D eigenvalue weighted by Gasteiger charge is -2.30. The van der Waals surface area contributed by atoms with Crippen LogP contribution in [0.1, 0.15) is 26.2 Å². The second-order valence-corrected chi connectivity index (χ2v) is 7.29. The van der Waals surface area contributed by atoms with Gasteiger partial charge < -0.3 is 10.6 Å². The maximum atomic E-state index is 12.0. The maximum absolute atomic E-state index is 12.0. The van der Waals surface area contributed by atoms with Crippen molar-refractivity contribution in [2.75, 3.05) is 13.1 Å². The summed E-state index contributed by atoms with van der Waals surface area (Å²) in [5.74, 6) is -0.128. The molecule has 1 saturated heterocycles. The van der Waals surface area contributed by atoms with E-state index in [0.717, 1.165) is 19.4 Å². The van der Waals surface area contributed by atoms with E-state index in [0.29, 0.717) is 0 Å². The topological polar surface area (TPSA) is 87.3 Å². The van der Waals surface area contributed by atoms with Gasteiger partial charge in [-0.05, 0) is 38.4 Å². The Balaban J connectivity index is 0.00000264. The van der Waals surface area contributed by atoms with Crippen molar-refractivity contribution in [2.24, 2.45) is 0 Å². The van der Waals surface area contributed by atoms with E-state index in [9.17, 15) is 13.2 Å². The molecule has 0 radical (unpaired) electrons. The highest BCUT2D eigenvalue weighted by Gasteiger charge is 2.22. The van der Waals surface area contributed by atoms with E-state index in [-0.39, 0.29) is 48.3 Å². The van der Waals surface area contributed by atoms with E-state index in [4.69, 9.17) is 0 Å². The van der Waals surface area contributed by atoms with Gasteiger partial charge in [-0.3, -0.25) is 4.79 Å². The number of sulfonamides is 1. The lowest BCUT2D eigenvalue weighted by molar-refractivity contribution is -0.122. The molecule has 3 N–H and O–H groups in total. The molecule has 0 aliphatic carbocycles. The van der Waals surface area contributed by atoms with Crippen molar-refractivity contribution in [1.82, 2.24) is 15.4 Å². The van der Waals surface area contributed by atoms with Crippen LogP contribution >= 0.6 is 12.4 Å². The molecule has 1 fully saturated rings. The van der Waals surface area contributed by atoms with Gasteiger partial charge in [0.15, 0.2) is 0 Å². The summed E-state index contributed by atoms with van der Waals surface area (Å²) in [6, 6.07) is 8.50. The Morgan fingerprint density at radius 1 is 1.30 bits per heavy atom. The molecule has 23 heavy (non-hydrogen) atoms. The minimum atomic E-state index is -3.54. The summed E-state index contributed by atoms with van der Waals surface area (Å²) in [6.07, 6.45) is 2.13. The molecule has 0 bridgehead atoms. The number of nitrogens with one attached hydrogen (secondary N) is 3. The number of halogens is 1. The fraction of sp³-hybridized carbons (Fsp3) is 0.533. The molecule has 2 atom stereocenters. The standard InChI is InChI=1S/C15H23N3O3S.ClH/c1-12-14(8-5-10-16-12)18-15(19)9-11-17-22(20,21)13-6-3-2-4-7-13;/h2-4,6-7,12,14,16-17H,5,8-11H2,1H3,(H,18,19);1H. The maximum Gasteiger partial charge on any atom is 0.240 e. The van der Waals surface area contributed by atoms with Crippen LogP contribution in [0.15, 0.2) is 35.2 Å². The number of hydrogen-bond acceptors (Lipinski definition) is 4. The number of carbonyl (C=O) groups excluding carboxylic acids is 1. The SMILES string of the molecule is CC1NCCCC1NC(=O)CCNS(=O)(=O)c1ccccc1.Cl. The first kappa shape index (κ1) is 19.9. The third kappa shape index (κ3) is 6.10. The second-order valence-electron chi connectivity index (χ2n) is 5.52. The molecule has 1 aromatic carbocycles. The van der Waals surface area contributed by atoms with E-state index in [2.05, 4.69) is 15.4 Å². The van der Waals surface area contributed by atoms with Crippen LogP contribution in [-0.2, 0) is 14.8 Å². The summed E-state index contributed by atoms with van der Waals surface area (Å²) in [7, 11) is -3.54. The highest BCUT2D eigenvalue weighted by Crippen LogP contribution is 2.09. The van der Waals surface area contributed by atoms with Crippen molar-refractivity contribution >= 4 is 28.3 Å². The van der Waals surface area contributed by atoms with Gasteiger partial charge in [-0.25, -0.2) is 13.1 Å². The van der Waals surface area contributed by atoms with Gasteiger partial charge in [0, 0.05) is 25.0 Å². The fourth-order valence-corrected chi connectivity index (χ4v) is 3.55. The summed E-state index contributed by atoms with van der Waals surface area (Å²) >= 11 is 0. The molecule has 0 saturated carbocycles. The number of amides is 1. The molecule has 1 aliphatic rings. The van der Waals surface area contributed by atoms with Crippen molar-refractivity contribution in [1.29, 1.82) is 0 Å². The van der Waals surface area contributed by atoms with Crippen molar-refractivity contribution in [2.45, 2.75) is 43.2 Å². The molecule has 1 aromatic rings. The van der Waals surface area contributed by atoms with Crippen molar-refractivity contribution in [3.05, 3.63) is 30.3 Å². The van der Waals surface area contributed by atoms with Crippen LogP contribution in [0, 0.1) is 0 Å². The van der Waals surface area contributed by atoms with Crippen LogP contribution in [-0.4, -0.2) is 39.5 Å². The largest absolute Gasteiger partial charge is 0.352 e. The van der Waals surface area contributed by atoms with E-state index in [1.165, 1.54) is 12.1 Å². The van der Waals surface area contributed by atoms with Gasteiger partial charge in [-0.15, -0.1) is 12.4 Å². The predicted molar refractivity (Wildman–Crippen MR) is 92.1 cm³/mol. The predicted octanol–water partition coefficient (Wildman–Crippen LogP) is 1.03. The quantitative estimate of drug-likeness (QED) is 0.706.